The molecule has 1 aliphatic rings. The minimum absolute atomic E-state index is 0.268. The highest BCUT2D eigenvalue weighted by molar-refractivity contribution is 5.87. The highest BCUT2D eigenvalue weighted by Crippen LogP contribution is 2.21. The van der Waals surface area contributed by atoms with Crippen LogP contribution in [0.5, 0.6) is 0 Å². The number of hydrogen-bond donors (Lipinski definition) is 2. The summed E-state index contributed by atoms with van der Waals surface area (Å²) >= 11 is 0. The number of rotatable bonds is 5. The predicted molar refractivity (Wildman–Crippen MR) is 95.0 cm³/mol. The van der Waals surface area contributed by atoms with Crippen LogP contribution in [0.2, 0.25) is 0 Å². The number of nitrogens with zero attached hydrogens (tertiary/aromatic N) is 1. The van der Waals surface area contributed by atoms with Gasteiger partial charge in [0.25, 0.3) is 0 Å². The Hall–Kier alpha value is -2.66. The van der Waals surface area contributed by atoms with E-state index >= 15 is 0 Å². The fourth-order valence-electron chi connectivity index (χ4n) is 3.21. The quantitative estimate of drug-likeness (QED) is 0.878. The molecule has 0 spiro atoms. The fraction of sp³-hybridized carbons (Fsp3) is 0.300. The molecule has 1 unspecified atom stereocenters. The Morgan fingerprint density at radius 3 is 2.36 bits per heavy atom. The van der Waals surface area contributed by atoms with Gasteiger partial charge in [0.15, 0.2) is 6.04 Å². The summed E-state index contributed by atoms with van der Waals surface area (Å²) in [5.74, 6) is -1.33. The molecule has 0 aromatic heterocycles. The van der Waals surface area contributed by atoms with E-state index in [1.165, 1.54) is 11.1 Å². The monoisotopic (exact) mass is 338 g/mol. The number of carbonyl (C=O) groups is 2. The molecule has 0 saturated heterocycles. The van der Waals surface area contributed by atoms with Gasteiger partial charge in [0, 0.05) is 13.1 Å². The molecular weight excluding hydrogens is 316 g/mol. The topological polar surface area (TPSA) is 69.6 Å². The van der Waals surface area contributed by atoms with E-state index in [1.54, 1.807) is 24.3 Å². The van der Waals surface area contributed by atoms with Crippen LogP contribution in [0.1, 0.15) is 29.7 Å². The lowest BCUT2D eigenvalue weighted by atomic mass is 9.98. The highest BCUT2D eigenvalue weighted by atomic mass is 16.4. The average Bonchev–Trinajstić information content (AvgIpc) is 2.65. The van der Waals surface area contributed by atoms with Gasteiger partial charge in [-0.3, -0.25) is 9.69 Å². The van der Waals surface area contributed by atoms with Gasteiger partial charge in [-0.15, -0.1) is 0 Å². The van der Waals surface area contributed by atoms with Crippen molar-refractivity contribution in [1.82, 2.24) is 10.2 Å². The van der Waals surface area contributed by atoms with Crippen molar-refractivity contribution in [2.24, 2.45) is 0 Å². The third kappa shape index (κ3) is 3.88. The summed E-state index contributed by atoms with van der Waals surface area (Å²) in [6.45, 7) is 3.32. The first-order chi connectivity index (χ1) is 12.1. The van der Waals surface area contributed by atoms with E-state index in [0.29, 0.717) is 12.1 Å². The highest BCUT2D eigenvalue weighted by Gasteiger charge is 2.29. The molecule has 3 rings (SSSR count). The third-order valence-electron chi connectivity index (χ3n) is 4.75. The predicted octanol–water partition coefficient (Wildman–Crippen LogP) is 2.38. The minimum Gasteiger partial charge on any atom is -0.479 e. The molecule has 25 heavy (non-hydrogen) atoms. The summed E-state index contributed by atoms with van der Waals surface area (Å²) in [7, 11) is 0. The second-order valence-electron chi connectivity index (χ2n) is 6.36. The SMILES string of the molecule is CC(C(=O)N[C@H](C(=O)O)c1ccccc1)N1CCc2ccccc2C1. The number of benzene rings is 2. The summed E-state index contributed by atoms with van der Waals surface area (Å²) in [6, 6.07) is 15.6. The molecule has 1 heterocycles. The molecule has 2 N–H and O–H groups in total. The molecule has 0 bridgehead atoms. The van der Waals surface area contributed by atoms with Gasteiger partial charge < -0.3 is 10.4 Å². The summed E-state index contributed by atoms with van der Waals surface area (Å²) < 4.78 is 0. The van der Waals surface area contributed by atoms with Crippen molar-refractivity contribution in [3.63, 3.8) is 0 Å². The van der Waals surface area contributed by atoms with Gasteiger partial charge in [-0.2, -0.15) is 0 Å². The van der Waals surface area contributed by atoms with Crippen molar-refractivity contribution in [1.29, 1.82) is 0 Å². The van der Waals surface area contributed by atoms with Crippen molar-refractivity contribution in [3.05, 3.63) is 71.3 Å². The number of nitrogens with one attached hydrogen (secondary N) is 1. The molecule has 2 aromatic carbocycles. The van der Waals surface area contributed by atoms with E-state index in [2.05, 4.69) is 22.3 Å². The van der Waals surface area contributed by atoms with Gasteiger partial charge in [0.1, 0.15) is 0 Å². The van der Waals surface area contributed by atoms with Gasteiger partial charge in [-0.05, 0) is 30.0 Å². The second-order valence-corrected chi connectivity index (χ2v) is 6.36. The van der Waals surface area contributed by atoms with Gasteiger partial charge in [0.2, 0.25) is 5.91 Å². The van der Waals surface area contributed by atoms with Crippen LogP contribution in [0, 0.1) is 0 Å². The van der Waals surface area contributed by atoms with Crippen LogP contribution in [-0.2, 0) is 22.6 Å². The van der Waals surface area contributed by atoms with E-state index in [-0.39, 0.29) is 11.9 Å². The van der Waals surface area contributed by atoms with Crippen LogP contribution in [0.25, 0.3) is 0 Å². The molecule has 1 aliphatic heterocycles. The standard InChI is InChI=1S/C20H22N2O3/c1-14(22-12-11-15-7-5-6-10-17(15)13-22)19(23)21-18(20(24)25)16-8-3-2-4-9-16/h2-10,14,18H,11-13H2,1H3,(H,21,23)(H,24,25)/t14?,18-/m0/s1. The van der Waals surface area contributed by atoms with E-state index in [0.717, 1.165) is 13.0 Å². The van der Waals surface area contributed by atoms with Gasteiger partial charge in [0.05, 0.1) is 6.04 Å². The molecular formula is C20H22N2O3. The van der Waals surface area contributed by atoms with E-state index < -0.39 is 12.0 Å². The van der Waals surface area contributed by atoms with Crippen LogP contribution in [0.3, 0.4) is 0 Å². The Labute approximate surface area is 147 Å². The molecule has 1 amide bonds. The lowest BCUT2D eigenvalue weighted by Gasteiger charge is -2.33. The van der Waals surface area contributed by atoms with Crippen LogP contribution in [0.15, 0.2) is 54.6 Å². The van der Waals surface area contributed by atoms with Gasteiger partial charge >= 0.3 is 5.97 Å². The van der Waals surface area contributed by atoms with Crippen molar-refractivity contribution in [2.45, 2.75) is 32.0 Å². The molecule has 130 valence electrons. The van der Waals surface area contributed by atoms with Gasteiger partial charge in [-0.25, -0.2) is 4.79 Å². The molecule has 0 aliphatic carbocycles. The number of carboxylic acids is 1. The van der Waals surface area contributed by atoms with E-state index in [4.69, 9.17) is 0 Å². The zero-order chi connectivity index (χ0) is 17.8. The maximum absolute atomic E-state index is 12.6. The first-order valence-electron chi connectivity index (χ1n) is 8.45. The Bertz CT molecular complexity index is 761. The first kappa shape index (κ1) is 17.2. The summed E-state index contributed by atoms with van der Waals surface area (Å²) in [6.07, 6.45) is 0.898. The molecule has 0 saturated carbocycles. The van der Waals surface area contributed by atoms with Crippen LogP contribution < -0.4 is 5.32 Å². The molecule has 5 nitrogen and oxygen atoms in total. The maximum atomic E-state index is 12.6. The zero-order valence-corrected chi connectivity index (χ0v) is 14.2. The third-order valence-corrected chi connectivity index (χ3v) is 4.75. The lowest BCUT2D eigenvalue weighted by Crippen LogP contribution is -2.48. The van der Waals surface area contributed by atoms with Crippen molar-refractivity contribution in [2.75, 3.05) is 6.54 Å². The molecule has 2 atom stereocenters. The van der Waals surface area contributed by atoms with Crippen molar-refractivity contribution < 1.29 is 14.7 Å². The number of carboxylic acid groups (broad SMARTS) is 1. The van der Waals surface area contributed by atoms with Crippen LogP contribution >= 0.6 is 0 Å². The number of carbonyl (C=O) groups excluding carboxylic acids is 1. The normalized spacial score (nSPS) is 16.5. The molecule has 5 heteroatoms. The average molecular weight is 338 g/mol. The first-order valence-corrected chi connectivity index (χ1v) is 8.45. The fourth-order valence-corrected chi connectivity index (χ4v) is 3.21. The molecule has 2 aromatic rings. The second kappa shape index (κ2) is 7.49. The van der Waals surface area contributed by atoms with E-state index in [9.17, 15) is 14.7 Å². The molecule has 0 fully saturated rings. The number of amides is 1. The number of hydrogen-bond acceptors (Lipinski definition) is 3. The number of aliphatic carboxylic acids is 1. The lowest BCUT2D eigenvalue weighted by molar-refractivity contribution is -0.142. The minimum atomic E-state index is -1.06. The van der Waals surface area contributed by atoms with Gasteiger partial charge in [-0.1, -0.05) is 54.6 Å². The Kier molecular flexibility index (Phi) is 5.14. The summed E-state index contributed by atoms with van der Waals surface area (Å²) in [5.41, 5.74) is 3.12. The van der Waals surface area contributed by atoms with Crippen molar-refractivity contribution >= 4 is 11.9 Å². The summed E-state index contributed by atoms with van der Waals surface area (Å²) in [5, 5.41) is 12.1. The Morgan fingerprint density at radius 1 is 1.04 bits per heavy atom. The molecule has 0 radical (unpaired) electrons. The van der Waals surface area contributed by atoms with Crippen LogP contribution in [-0.4, -0.2) is 34.5 Å². The largest absolute Gasteiger partial charge is 0.479 e. The number of fused-ring (bicyclic) bond motifs is 1. The Balaban J connectivity index is 1.69. The smallest absolute Gasteiger partial charge is 0.330 e. The maximum Gasteiger partial charge on any atom is 0.330 e. The Morgan fingerprint density at radius 2 is 1.68 bits per heavy atom. The van der Waals surface area contributed by atoms with Crippen LogP contribution in [0.4, 0.5) is 0 Å². The summed E-state index contributed by atoms with van der Waals surface area (Å²) in [4.78, 5) is 26.3. The van der Waals surface area contributed by atoms with Crippen molar-refractivity contribution in [3.8, 4) is 0 Å². The zero-order valence-electron chi connectivity index (χ0n) is 14.2. The van der Waals surface area contributed by atoms with E-state index in [1.807, 2.05) is 25.1 Å².